The van der Waals surface area contributed by atoms with Crippen molar-refractivity contribution in [1.29, 1.82) is 0 Å². The molecule has 1 N–H and O–H groups in total. The third kappa shape index (κ3) is 4.25. The average molecular weight is 465 g/mol. The number of fused-ring (bicyclic) bond motifs is 1. The summed E-state index contributed by atoms with van der Waals surface area (Å²) in [7, 11) is 0. The fourth-order valence-corrected chi connectivity index (χ4v) is 4.75. The number of phenolic OH excluding ortho intramolecular Hbond substituents is 1. The number of hydrogen-bond acceptors (Lipinski definition) is 2. The van der Waals surface area contributed by atoms with E-state index in [-0.39, 0.29) is 5.75 Å². The molecule has 0 unspecified atom stereocenters. The minimum Gasteiger partial charge on any atom is -0.508 e. The van der Waals surface area contributed by atoms with Gasteiger partial charge in [-0.05, 0) is 89.7 Å². The Labute approximate surface area is 205 Å². The SMILES string of the molecule is CC(C)(Oc1ccc(O)cc1)/C(=C1/C=C(c2ccccc2)c2ccccc21)c1ccc(Cl)cc1. The zero-order valence-electron chi connectivity index (χ0n) is 19.1. The Balaban J connectivity index is 1.74. The van der Waals surface area contributed by atoms with Crippen molar-refractivity contribution >= 4 is 28.3 Å². The summed E-state index contributed by atoms with van der Waals surface area (Å²) < 4.78 is 6.54. The second-order valence-corrected chi connectivity index (χ2v) is 9.31. The molecule has 34 heavy (non-hydrogen) atoms. The van der Waals surface area contributed by atoms with E-state index in [0.29, 0.717) is 10.8 Å². The van der Waals surface area contributed by atoms with Gasteiger partial charge in [0.2, 0.25) is 0 Å². The maximum atomic E-state index is 9.70. The topological polar surface area (TPSA) is 29.5 Å². The zero-order valence-corrected chi connectivity index (χ0v) is 19.9. The van der Waals surface area contributed by atoms with E-state index in [9.17, 15) is 5.11 Å². The molecule has 0 aromatic heterocycles. The molecule has 0 atom stereocenters. The predicted molar refractivity (Wildman–Crippen MR) is 141 cm³/mol. The highest BCUT2D eigenvalue weighted by atomic mass is 35.5. The Morgan fingerprint density at radius 1 is 0.735 bits per heavy atom. The summed E-state index contributed by atoms with van der Waals surface area (Å²) in [6, 6.07) is 33.7. The first-order valence-electron chi connectivity index (χ1n) is 11.3. The third-order valence-corrected chi connectivity index (χ3v) is 6.35. The highest BCUT2D eigenvalue weighted by Crippen LogP contribution is 2.46. The largest absolute Gasteiger partial charge is 0.508 e. The highest BCUT2D eigenvalue weighted by Gasteiger charge is 2.33. The Morgan fingerprint density at radius 2 is 1.35 bits per heavy atom. The lowest BCUT2D eigenvalue weighted by atomic mass is 9.85. The molecular formula is C31H25ClO2. The van der Waals surface area contributed by atoms with Crippen molar-refractivity contribution in [2.45, 2.75) is 19.4 Å². The fourth-order valence-electron chi connectivity index (χ4n) is 4.62. The molecule has 5 rings (SSSR count). The zero-order chi connectivity index (χ0) is 23.7. The van der Waals surface area contributed by atoms with Crippen LogP contribution in [0.2, 0.25) is 5.02 Å². The van der Waals surface area contributed by atoms with Crippen LogP contribution in [0.15, 0.2) is 109 Å². The molecule has 0 amide bonds. The van der Waals surface area contributed by atoms with Crippen molar-refractivity contribution in [2.75, 3.05) is 0 Å². The molecule has 0 heterocycles. The molecule has 0 radical (unpaired) electrons. The van der Waals surface area contributed by atoms with Gasteiger partial charge >= 0.3 is 0 Å². The summed E-state index contributed by atoms with van der Waals surface area (Å²) in [6.45, 7) is 4.15. The first-order chi connectivity index (χ1) is 16.4. The van der Waals surface area contributed by atoms with E-state index < -0.39 is 5.60 Å². The molecule has 0 saturated heterocycles. The summed E-state index contributed by atoms with van der Waals surface area (Å²) >= 11 is 6.24. The van der Waals surface area contributed by atoms with Gasteiger partial charge in [0.15, 0.2) is 0 Å². The van der Waals surface area contributed by atoms with E-state index in [2.05, 4.69) is 68.5 Å². The molecule has 0 spiro atoms. The molecule has 0 bridgehead atoms. The van der Waals surface area contributed by atoms with E-state index in [1.165, 1.54) is 22.3 Å². The number of halogens is 1. The Morgan fingerprint density at radius 3 is 2.03 bits per heavy atom. The monoisotopic (exact) mass is 464 g/mol. The molecule has 4 aromatic rings. The second kappa shape index (κ2) is 8.89. The van der Waals surface area contributed by atoms with Crippen LogP contribution in [0, 0.1) is 0 Å². The van der Waals surface area contributed by atoms with Gasteiger partial charge < -0.3 is 9.84 Å². The summed E-state index contributed by atoms with van der Waals surface area (Å²) in [5.41, 5.74) is 7.30. The van der Waals surface area contributed by atoms with Crippen LogP contribution in [0.1, 0.15) is 36.1 Å². The Bertz CT molecular complexity index is 1380. The van der Waals surface area contributed by atoms with Crippen LogP contribution in [-0.2, 0) is 0 Å². The van der Waals surface area contributed by atoms with Gasteiger partial charge in [-0.15, -0.1) is 0 Å². The van der Waals surface area contributed by atoms with Crippen molar-refractivity contribution < 1.29 is 9.84 Å². The number of rotatable bonds is 5. The minimum absolute atomic E-state index is 0.210. The molecule has 3 heteroatoms. The van der Waals surface area contributed by atoms with Crippen LogP contribution in [-0.4, -0.2) is 10.7 Å². The van der Waals surface area contributed by atoms with Gasteiger partial charge in [0, 0.05) is 10.6 Å². The molecular weight excluding hydrogens is 440 g/mol. The average Bonchev–Trinajstić information content (AvgIpc) is 3.21. The van der Waals surface area contributed by atoms with Crippen LogP contribution in [0.3, 0.4) is 0 Å². The van der Waals surface area contributed by atoms with Crippen molar-refractivity contribution in [3.05, 3.63) is 136 Å². The van der Waals surface area contributed by atoms with Gasteiger partial charge in [-0.25, -0.2) is 0 Å². The van der Waals surface area contributed by atoms with Crippen LogP contribution in [0.5, 0.6) is 11.5 Å². The van der Waals surface area contributed by atoms with Crippen LogP contribution in [0.4, 0.5) is 0 Å². The van der Waals surface area contributed by atoms with E-state index in [0.717, 1.165) is 16.7 Å². The first kappa shape index (κ1) is 22.1. The smallest absolute Gasteiger partial charge is 0.130 e. The molecule has 2 nitrogen and oxygen atoms in total. The number of phenols is 1. The van der Waals surface area contributed by atoms with Gasteiger partial charge in [-0.1, -0.05) is 78.3 Å². The normalized spacial score (nSPS) is 14.4. The maximum absolute atomic E-state index is 9.70. The molecule has 0 aliphatic heterocycles. The Hall–Kier alpha value is -3.75. The van der Waals surface area contributed by atoms with Crippen LogP contribution in [0.25, 0.3) is 16.7 Å². The van der Waals surface area contributed by atoms with Crippen LogP contribution >= 0.6 is 11.6 Å². The molecule has 0 saturated carbocycles. The van der Waals surface area contributed by atoms with E-state index >= 15 is 0 Å². The van der Waals surface area contributed by atoms with E-state index in [1.807, 2.05) is 30.3 Å². The number of allylic oxidation sites excluding steroid dienone is 2. The Kier molecular flexibility index (Phi) is 5.77. The van der Waals surface area contributed by atoms with Gasteiger partial charge in [-0.3, -0.25) is 0 Å². The van der Waals surface area contributed by atoms with E-state index in [1.54, 1.807) is 24.3 Å². The fraction of sp³-hybridized carbons (Fsp3) is 0.0968. The number of ether oxygens (including phenoxy) is 1. The lowest BCUT2D eigenvalue weighted by Gasteiger charge is -2.31. The lowest BCUT2D eigenvalue weighted by Crippen LogP contribution is -2.30. The molecule has 1 aliphatic carbocycles. The second-order valence-electron chi connectivity index (χ2n) is 8.87. The van der Waals surface area contributed by atoms with Crippen molar-refractivity contribution in [3.8, 4) is 11.5 Å². The van der Waals surface area contributed by atoms with Gasteiger partial charge in [-0.2, -0.15) is 0 Å². The quantitative estimate of drug-likeness (QED) is 0.322. The van der Waals surface area contributed by atoms with Crippen molar-refractivity contribution in [3.63, 3.8) is 0 Å². The first-order valence-corrected chi connectivity index (χ1v) is 11.7. The molecule has 0 fully saturated rings. The summed E-state index contributed by atoms with van der Waals surface area (Å²) in [4.78, 5) is 0. The molecule has 1 aliphatic rings. The molecule has 4 aromatic carbocycles. The molecule has 168 valence electrons. The highest BCUT2D eigenvalue weighted by molar-refractivity contribution is 6.30. The number of hydrogen-bond donors (Lipinski definition) is 1. The van der Waals surface area contributed by atoms with Crippen molar-refractivity contribution in [2.24, 2.45) is 0 Å². The minimum atomic E-state index is -0.685. The lowest BCUT2D eigenvalue weighted by molar-refractivity contribution is 0.173. The third-order valence-electron chi connectivity index (χ3n) is 6.09. The summed E-state index contributed by atoms with van der Waals surface area (Å²) in [6.07, 6.45) is 2.27. The number of benzene rings is 4. The van der Waals surface area contributed by atoms with E-state index in [4.69, 9.17) is 16.3 Å². The maximum Gasteiger partial charge on any atom is 0.130 e. The number of aromatic hydroxyl groups is 1. The van der Waals surface area contributed by atoms with Crippen LogP contribution < -0.4 is 4.74 Å². The standard InChI is InChI=1S/C31H25ClO2/c1-31(2,34-25-18-16-24(33)17-19-25)30(22-12-14-23(32)15-13-22)29-20-28(21-8-4-3-5-9-21)26-10-6-7-11-27(26)29/h3-20,33H,1-2H3/b30-29-. The summed E-state index contributed by atoms with van der Waals surface area (Å²) in [5, 5.41) is 10.4. The summed E-state index contributed by atoms with van der Waals surface area (Å²) in [5.74, 6) is 0.898. The van der Waals surface area contributed by atoms with Crippen molar-refractivity contribution in [1.82, 2.24) is 0 Å². The van der Waals surface area contributed by atoms with Gasteiger partial charge in [0.05, 0.1) is 0 Å². The van der Waals surface area contributed by atoms with Gasteiger partial charge in [0.1, 0.15) is 17.1 Å². The predicted octanol–water partition coefficient (Wildman–Crippen LogP) is 8.26. The van der Waals surface area contributed by atoms with Gasteiger partial charge in [0.25, 0.3) is 0 Å².